The average Bonchev–Trinajstić information content (AvgIpc) is 3.47. The van der Waals surface area contributed by atoms with Gasteiger partial charge in [0.2, 0.25) is 5.91 Å². The van der Waals surface area contributed by atoms with E-state index in [2.05, 4.69) is 70.8 Å². The predicted octanol–water partition coefficient (Wildman–Crippen LogP) is 4.94. The van der Waals surface area contributed by atoms with Gasteiger partial charge in [0.1, 0.15) is 0 Å². The van der Waals surface area contributed by atoms with Gasteiger partial charge in [-0.15, -0.1) is 11.8 Å². The second-order valence-electron chi connectivity index (χ2n) is 9.11. The van der Waals surface area contributed by atoms with Crippen LogP contribution in [0.3, 0.4) is 0 Å². The number of rotatable bonds is 8. The second kappa shape index (κ2) is 10.2. The van der Waals surface area contributed by atoms with Crippen LogP contribution in [0.25, 0.3) is 10.9 Å². The quantitative estimate of drug-likeness (QED) is 0.497. The van der Waals surface area contributed by atoms with Crippen molar-refractivity contribution >= 4 is 34.3 Å². The number of para-hydroxylation sites is 1. The minimum absolute atomic E-state index is 0.0490. The molecule has 2 aromatic carbocycles. The zero-order chi connectivity index (χ0) is 22.6. The summed E-state index contributed by atoms with van der Waals surface area (Å²) in [4.78, 5) is 20.3. The van der Waals surface area contributed by atoms with Gasteiger partial charge in [-0.25, -0.2) is 0 Å². The molecule has 0 radical (unpaired) electrons. The van der Waals surface area contributed by atoms with Crippen molar-refractivity contribution in [2.24, 2.45) is 0 Å². The van der Waals surface area contributed by atoms with E-state index in [1.165, 1.54) is 27.1 Å². The van der Waals surface area contributed by atoms with Crippen LogP contribution < -0.4 is 10.2 Å². The van der Waals surface area contributed by atoms with Crippen molar-refractivity contribution < 1.29 is 9.53 Å². The van der Waals surface area contributed by atoms with Crippen molar-refractivity contribution in [3.63, 3.8) is 0 Å². The first kappa shape index (κ1) is 22.4. The van der Waals surface area contributed by atoms with Crippen molar-refractivity contribution in [2.45, 2.75) is 55.2 Å². The maximum absolute atomic E-state index is 13.3. The monoisotopic (exact) mass is 463 g/mol. The molecular weight excluding hydrogens is 430 g/mol. The summed E-state index contributed by atoms with van der Waals surface area (Å²) in [5, 5.41) is 4.62. The van der Waals surface area contributed by atoms with Gasteiger partial charge in [0.25, 0.3) is 0 Å². The Hall–Kier alpha value is -2.44. The lowest BCUT2D eigenvalue weighted by Crippen LogP contribution is -2.41. The molecule has 0 bridgehead atoms. The molecule has 5 rings (SSSR count). The maximum atomic E-state index is 13.3. The van der Waals surface area contributed by atoms with E-state index >= 15 is 0 Å². The number of anilines is 1. The molecule has 5 nitrogen and oxygen atoms in total. The van der Waals surface area contributed by atoms with E-state index in [-0.39, 0.29) is 17.2 Å². The molecule has 1 saturated heterocycles. The lowest BCUT2D eigenvalue weighted by atomic mass is 10.00. The van der Waals surface area contributed by atoms with Crippen molar-refractivity contribution in [2.75, 3.05) is 31.2 Å². The Morgan fingerprint density at radius 2 is 2.09 bits per heavy atom. The predicted molar refractivity (Wildman–Crippen MR) is 136 cm³/mol. The van der Waals surface area contributed by atoms with Crippen LogP contribution >= 0.6 is 11.8 Å². The molecule has 2 unspecified atom stereocenters. The smallest absolute Gasteiger partial charge is 0.234 e. The fourth-order valence-corrected chi connectivity index (χ4v) is 6.15. The number of nitrogens with zero attached hydrogens (tertiary/aromatic N) is 1. The summed E-state index contributed by atoms with van der Waals surface area (Å²) < 4.78 is 5.49. The molecule has 2 aliphatic rings. The van der Waals surface area contributed by atoms with Gasteiger partial charge in [0.15, 0.2) is 0 Å². The van der Waals surface area contributed by atoms with E-state index in [1.807, 2.05) is 0 Å². The standard InChI is InChI=1S/C27H33N3O2S/c1-2-3-6-21(15-20-18-28-24-8-5-4-7-23(20)24)29-27(31)26-16-19-9-10-22(17-25(19)33-26)30-11-13-32-14-12-30/h4-5,7-10,17-18,21,26,28H,2-3,6,11-16H2,1H3,(H,29,31). The highest BCUT2D eigenvalue weighted by Gasteiger charge is 2.30. The molecule has 0 spiro atoms. The molecule has 1 fully saturated rings. The topological polar surface area (TPSA) is 57.4 Å². The number of carbonyl (C=O) groups is 1. The van der Waals surface area contributed by atoms with E-state index < -0.39 is 0 Å². The Labute approximate surface area is 200 Å². The van der Waals surface area contributed by atoms with Crippen LogP contribution in [0.5, 0.6) is 0 Å². The Kier molecular flexibility index (Phi) is 6.93. The number of benzene rings is 2. The van der Waals surface area contributed by atoms with Crippen molar-refractivity contribution in [1.29, 1.82) is 0 Å². The van der Waals surface area contributed by atoms with E-state index in [0.717, 1.165) is 63.9 Å². The summed E-state index contributed by atoms with van der Waals surface area (Å²) in [5.41, 5.74) is 4.97. The zero-order valence-corrected chi connectivity index (χ0v) is 20.1. The third-order valence-corrected chi connectivity index (χ3v) is 8.09. The number of ether oxygens (including phenoxy) is 1. The molecule has 1 aromatic heterocycles. The molecule has 1 amide bonds. The number of H-pyrrole nitrogens is 1. The Morgan fingerprint density at radius 3 is 2.94 bits per heavy atom. The lowest BCUT2D eigenvalue weighted by molar-refractivity contribution is -0.121. The summed E-state index contributed by atoms with van der Waals surface area (Å²) in [5.74, 6) is 0.171. The van der Waals surface area contributed by atoms with Crippen LogP contribution in [0.15, 0.2) is 53.6 Å². The summed E-state index contributed by atoms with van der Waals surface area (Å²) in [7, 11) is 0. The summed E-state index contributed by atoms with van der Waals surface area (Å²) in [6.45, 7) is 5.64. The first-order valence-electron chi connectivity index (χ1n) is 12.2. The van der Waals surface area contributed by atoms with Crippen LogP contribution in [-0.4, -0.2) is 48.5 Å². The molecule has 174 valence electrons. The highest BCUT2D eigenvalue weighted by Crippen LogP contribution is 2.39. The van der Waals surface area contributed by atoms with Crippen molar-refractivity contribution in [3.8, 4) is 0 Å². The number of nitrogens with one attached hydrogen (secondary N) is 2. The van der Waals surface area contributed by atoms with Gasteiger partial charge in [-0.1, -0.05) is 44.0 Å². The van der Waals surface area contributed by atoms with Crippen LogP contribution in [0.4, 0.5) is 5.69 Å². The highest BCUT2D eigenvalue weighted by atomic mass is 32.2. The van der Waals surface area contributed by atoms with E-state index in [9.17, 15) is 4.79 Å². The van der Waals surface area contributed by atoms with Gasteiger partial charge in [0, 0.05) is 46.8 Å². The molecule has 2 aliphatic heterocycles. The zero-order valence-electron chi connectivity index (χ0n) is 19.3. The maximum Gasteiger partial charge on any atom is 0.234 e. The van der Waals surface area contributed by atoms with E-state index in [0.29, 0.717) is 0 Å². The summed E-state index contributed by atoms with van der Waals surface area (Å²) >= 11 is 1.72. The van der Waals surface area contributed by atoms with Gasteiger partial charge in [-0.2, -0.15) is 0 Å². The molecule has 0 saturated carbocycles. The summed E-state index contributed by atoms with van der Waals surface area (Å²) in [6, 6.07) is 15.2. The molecule has 0 aliphatic carbocycles. The number of hydrogen-bond acceptors (Lipinski definition) is 4. The number of fused-ring (bicyclic) bond motifs is 2. The molecule has 33 heavy (non-hydrogen) atoms. The minimum atomic E-state index is -0.0490. The third-order valence-electron chi connectivity index (χ3n) is 6.79. The number of amides is 1. The van der Waals surface area contributed by atoms with Crippen LogP contribution in [0, 0.1) is 0 Å². The minimum Gasteiger partial charge on any atom is -0.378 e. The number of carbonyl (C=O) groups excluding carboxylic acids is 1. The van der Waals surface area contributed by atoms with Gasteiger partial charge < -0.3 is 19.9 Å². The Bertz CT molecular complexity index is 1110. The van der Waals surface area contributed by atoms with Gasteiger partial charge in [0.05, 0.1) is 18.5 Å². The van der Waals surface area contributed by atoms with Crippen molar-refractivity contribution in [3.05, 3.63) is 59.8 Å². The van der Waals surface area contributed by atoms with Crippen LogP contribution in [0.1, 0.15) is 37.3 Å². The number of aromatic nitrogens is 1. The number of thioether (sulfide) groups is 1. The fourth-order valence-electron chi connectivity index (χ4n) is 4.92. The normalized spacial score (nSPS) is 18.9. The summed E-state index contributed by atoms with van der Waals surface area (Å²) in [6.07, 6.45) is 7.03. The van der Waals surface area contributed by atoms with Crippen molar-refractivity contribution in [1.82, 2.24) is 10.3 Å². The van der Waals surface area contributed by atoms with Gasteiger partial charge in [-0.05, 0) is 48.6 Å². The second-order valence-corrected chi connectivity index (χ2v) is 10.4. The first-order chi connectivity index (χ1) is 16.2. The highest BCUT2D eigenvalue weighted by molar-refractivity contribution is 8.01. The van der Waals surface area contributed by atoms with Gasteiger partial charge >= 0.3 is 0 Å². The van der Waals surface area contributed by atoms with Crippen LogP contribution in [-0.2, 0) is 22.4 Å². The molecule has 2 atom stereocenters. The Morgan fingerprint density at radius 1 is 1.24 bits per heavy atom. The number of aromatic amines is 1. The molecular formula is C27H33N3O2S. The molecule has 3 aromatic rings. The SMILES string of the molecule is CCCCC(Cc1c[nH]c2ccccc12)NC(=O)C1Cc2ccc(N3CCOCC3)cc2S1. The average molecular weight is 464 g/mol. The molecule has 6 heteroatoms. The lowest BCUT2D eigenvalue weighted by Gasteiger charge is -2.29. The fraction of sp³-hybridized carbons (Fsp3) is 0.444. The number of unbranched alkanes of at least 4 members (excludes halogenated alkanes) is 1. The number of hydrogen-bond donors (Lipinski definition) is 2. The molecule has 2 N–H and O–H groups in total. The van der Waals surface area contributed by atoms with Gasteiger partial charge in [-0.3, -0.25) is 4.79 Å². The Balaban J connectivity index is 1.25. The first-order valence-corrected chi connectivity index (χ1v) is 13.1. The van der Waals surface area contributed by atoms with Crippen LogP contribution in [0.2, 0.25) is 0 Å². The number of morpholine rings is 1. The molecule has 3 heterocycles. The van der Waals surface area contributed by atoms with E-state index in [1.54, 1.807) is 11.8 Å². The third kappa shape index (κ3) is 5.07. The largest absolute Gasteiger partial charge is 0.378 e. The van der Waals surface area contributed by atoms with E-state index in [4.69, 9.17) is 4.74 Å².